The Bertz CT molecular complexity index is 500. The molecule has 3 fully saturated rings. The predicted octanol–water partition coefficient (Wildman–Crippen LogP) is 5.98. The Morgan fingerprint density at radius 3 is 2.70 bits per heavy atom. The first kappa shape index (κ1) is 16.6. The summed E-state index contributed by atoms with van der Waals surface area (Å²) in [6.45, 7) is 5.22. The Kier molecular flexibility index (Phi) is 4.24. The summed E-state index contributed by atoms with van der Waals surface area (Å²) in [5.74, 6) is 3.77. The van der Waals surface area contributed by atoms with Crippen molar-refractivity contribution in [3.05, 3.63) is 11.6 Å². The molecular formula is C21H33BrO. The average Bonchev–Trinajstić information content (AvgIpc) is 2.90. The van der Waals surface area contributed by atoms with Gasteiger partial charge in [0, 0.05) is 12.4 Å². The van der Waals surface area contributed by atoms with Gasteiger partial charge in [-0.2, -0.15) is 0 Å². The third kappa shape index (κ3) is 2.34. The first-order valence-electron chi connectivity index (χ1n) is 9.81. The summed E-state index contributed by atoms with van der Waals surface area (Å²) >= 11 is 3.82. The van der Waals surface area contributed by atoms with Crippen LogP contribution in [0, 0.1) is 34.5 Å². The van der Waals surface area contributed by atoms with Crippen LogP contribution in [0.2, 0.25) is 0 Å². The van der Waals surface area contributed by atoms with E-state index < -0.39 is 0 Å². The van der Waals surface area contributed by atoms with E-state index in [0.29, 0.717) is 16.9 Å². The van der Waals surface area contributed by atoms with Gasteiger partial charge in [-0.15, -0.1) is 0 Å². The standard InChI is InChI=1S/C21H33BrO/c1-20-10-8-16(23-3)12-14(20)4-6-17-18-7-5-15(13-22)21(18,2)11-9-19(17)20/h4,15-19H,5-13H2,1-3H3/t15-,16-,17+,18+,19+,20-,21+/m0/s1. The Morgan fingerprint density at radius 2 is 1.96 bits per heavy atom. The van der Waals surface area contributed by atoms with E-state index in [1.165, 1.54) is 56.7 Å². The van der Waals surface area contributed by atoms with E-state index >= 15 is 0 Å². The summed E-state index contributed by atoms with van der Waals surface area (Å²) in [7, 11) is 1.89. The smallest absolute Gasteiger partial charge is 0.0608 e. The SMILES string of the molecule is CO[C@H]1CC[C@@]2(C)C(=CC[C@@H]3[C@H]4CC[C@@H](CBr)[C@@]4(C)CC[C@H]32)C1. The Morgan fingerprint density at radius 1 is 1.13 bits per heavy atom. The van der Waals surface area contributed by atoms with Crippen molar-refractivity contribution < 1.29 is 4.74 Å². The quantitative estimate of drug-likeness (QED) is 0.423. The molecule has 0 aromatic heterocycles. The molecule has 0 unspecified atom stereocenters. The first-order valence-corrected chi connectivity index (χ1v) is 10.9. The zero-order valence-electron chi connectivity index (χ0n) is 15.1. The van der Waals surface area contributed by atoms with Gasteiger partial charge in [0.1, 0.15) is 0 Å². The van der Waals surface area contributed by atoms with Crippen molar-refractivity contribution in [3.8, 4) is 0 Å². The molecule has 130 valence electrons. The lowest BCUT2D eigenvalue weighted by Crippen LogP contribution is -2.50. The van der Waals surface area contributed by atoms with Crippen LogP contribution in [0.3, 0.4) is 0 Å². The third-order valence-electron chi connectivity index (χ3n) is 8.77. The highest BCUT2D eigenvalue weighted by atomic mass is 79.9. The fraction of sp³-hybridized carbons (Fsp3) is 0.905. The molecule has 0 N–H and O–H groups in total. The summed E-state index contributed by atoms with van der Waals surface area (Å²) in [5.41, 5.74) is 2.83. The van der Waals surface area contributed by atoms with Gasteiger partial charge >= 0.3 is 0 Å². The second-order valence-electron chi connectivity index (χ2n) is 9.33. The normalized spacial score (nSPS) is 52.3. The van der Waals surface area contributed by atoms with Crippen molar-refractivity contribution in [2.45, 2.75) is 71.3 Å². The predicted molar refractivity (Wildman–Crippen MR) is 99.8 cm³/mol. The van der Waals surface area contributed by atoms with Gasteiger partial charge in [0.25, 0.3) is 0 Å². The monoisotopic (exact) mass is 380 g/mol. The molecule has 1 nitrogen and oxygen atoms in total. The number of methoxy groups -OCH3 is 1. The summed E-state index contributed by atoms with van der Waals surface area (Å²) in [4.78, 5) is 0. The Labute approximate surface area is 150 Å². The highest BCUT2D eigenvalue weighted by Crippen LogP contribution is 2.66. The van der Waals surface area contributed by atoms with Crippen LogP contribution in [0.1, 0.15) is 65.2 Å². The molecule has 3 saturated carbocycles. The van der Waals surface area contributed by atoms with E-state index in [2.05, 4.69) is 35.9 Å². The number of allylic oxidation sites excluding steroid dienone is 1. The molecule has 7 atom stereocenters. The zero-order valence-corrected chi connectivity index (χ0v) is 16.7. The molecule has 0 aromatic rings. The van der Waals surface area contributed by atoms with E-state index in [1.807, 2.05) is 7.11 Å². The van der Waals surface area contributed by atoms with Crippen LogP contribution in [0.4, 0.5) is 0 Å². The molecule has 0 heterocycles. The summed E-state index contributed by atoms with van der Waals surface area (Å²) < 4.78 is 5.69. The van der Waals surface area contributed by atoms with E-state index in [1.54, 1.807) is 5.57 Å². The van der Waals surface area contributed by atoms with Gasteiger partial charge in [-0.1, -0.05) is 41.4 Å². The van der Waals surface area contributed by atoms with Crippen molar-refractivity contribution in [1.82, 2.24) is 0 Å². The molecule has 0 aromatic carbocycles. The largest absolute Gasteiger partial charge is 0.381 e. The molecule has 0 radical (unpaired) electrons. The summed E-state index contributed by atoms with van der Waals surface area (Å²) in [6, 6.07) is 0. The van der Waals surface area contributed by atoms with Crippen molar-refractivity contribution in [2.24, 2.45) is 34.5 Å². The zero-order chi connectivity index (χ0) is 16.2. The van der Waals surface area contributed by atoms with Crippen LogP contribution < -0.4 is 0 Å². The average molecular weight is 381 g/mol. The topological polar surface area (TPSA) is 9.23 Å². The molecule has 4 aliphatic rings. The van der Waals surface area contributed by atoms with Crippen molar-refractivity contribution >= 4 is 15.9 Å². The molecule has 2 heteroatoms. The van der Waals surface area contributed by atoms with Gasteiger partial charge < -0.3 is 4.74 Å². The fourth-order valence-electron chi connectivity index (χ4n) is 7.19. The highest BCUT2D eigenvalue weighted by Gasteiger charge is 2.58. The number of ether oxygens (including phenoxy) is 1. The van der Waals surface area contributed by atoms with Gasteiger partial charge in [0.15, 0.2) is 0 Å². The number of halogens is 1. The molecular weight excluding hydrogens is 348 g/mol. The fourth-order valence-corrected chi connectivity index (χ4v) is 8.25. The van der Waals surface area contributed by atoms with E-state index in [4.69, 9.17) is 4.74 Å². The Balaban J connectivity index is 1.63. The maximum atomic E-state index is 5.69. The summed E-state index contributed by atoms with van der Waals surface area (Å²) in [5, 5.41) is 1.21. The Hall–Kier alpha value is 0.180. The van der Waals surface area contributed by atoms with Crippen molar-refractivity contribution in [1.29, 1.82) is 0 Å². The van der Waals surface area contributed by atoms with Crippen LogP contribution in [0.5, 0.6) is 0 Å². The lowest BCUT2D eigenvalue weighted by atomic mass is 9.47. The van der Waals surface area contributed by atoms with E-state index in [-0.39, 0.29) is 0 Å². The van der Waals surface area contributed by atoms with Gasteiger partial charge in [0.2, 0.25) is 0 Å². The number of hydrogen-bond donors (Lipinski definition) is 0. The highest BCUT2D eigenvalue weighted by molar-refractivity contribution is 9.09. The van der Waals surface area contributed by atoms with Crippen LogP contribution in [0.15, 0.2) is 11.6 Å². The van der Waals surface area contributed by atoms with E-state index in [0.717, 1.165) is 23.7 Å². The van der Waals surface area contributed by atoms with Gasteiger partial charge in [-0.05, 0) is 85.9 Å². The van der Waals surface area contributed by atoms with Crippen molar-refractivity contribution in [3.63, 3.8) is 0 Å². The minimum Gasteiger partial charge on any atom is -0.381 e. The maximum Gasteiger partial charge on any atom is 0.0608 e. The minimum atomic E-state index is 0.476. The second kappa shape index (κ2) is 5.87. The number of alkyl halides is 1. The first-order chi connectivity index (χ1) is 11.0. The minimum absolute atomic E-state index is 0.476. The number of rotatable bonds is 2. The summed E-state index contributed by atoms with van der Waals surface area (Å²) in [6.07, 6.45) is 14.1. The van der Waals surface area contributed by atoms with Crippen LogP contribution >= 0.6 is 15.9 Å². The molecule has 4 aliphatic carbocycles. The lowest BCUT2D eigenvalue weighted by molar-refractivity contribution is -0.0504. The van der Waals surface area contributed by atoms with Crippen LogP contribution in [-0.4, -0.2) is 18.5 Å². The maximum absolute atomic E-state index is 5.69. The van der Waals surface area contributed by atoms with Gasteiger partial charge in [-0.3, -0.25) is 0 Å². The van der Waals surface area contributed by atoms with Crippen molar-refractivity contribution in [2.75, 3.05) is 12.4 Å². The van der Waals surface area contributed by atoms with Crippen LogP contribution in [-0.2, 0) is 4.74 Å². The number of hydrogen-bond acceptors (Lipinski definition) is 1. The molecule has 23 heavy (non-hydrogen) atoms. The van der Waals surface area contributed by atoms with Crippen LogP contribution in [0.25, 0.3) is 0 Å². The van der Waals surface area contributed by atoms with Gasteiger partial charge in [0.05, 0.1) is 6.10 Å². The number of fused-ring (bicyclic) bond motifs is 5. The molecule has 0 bridgehead atoms. The lowest BCUT2D eigenvalue weighted by Gasteiger charge is -2.58. The molecule has 0 spiro atoms. The second-order valence-corrected chi connectivity index (χ2v) is 9.98. The molecule has 0 saturated heterocycles. The molecule has 4 rings (SSSR count). The van der Waals surface area contributed by atoms with Gasteiger partial charge in [-0.25, -0.2) is 0 Å². The van der Waals surface area contributed by atoms with E-state index in [9.17, 15) is 0 Å². The third-order valence-corrected chi connectivity index (χ3v) is 9.56. The molecule has 0 amide bonds. The molecule has 0 aliphatic heterocycles.